The Hall–Kier alpha value is -0.530. The molecule has 0 amide bonds. The normalized spacial score (nSPS) is 29.9. The summed E-state index contributed by atoms with van der Waals surface area (Å²) < 4.78 is 5.32. The fourth-order valence-corrected chi connectivity index (χ4v) is 1.39. The molecule has 0 aromatic heterocycles. The quantitative estimate of drug-likeness (QED) is 0.613. The van der Waals surface area contributed by atoms with Gasteiger partial charge >= 0.3 is 0 Å². The van der Waals surface area contributed by atoms with Crippen molar-refractivity contribution in [2.75, 3.05) is 6.61 Å². The van der Waals surface area contributed by atoms with Gasteiger partial charge in [-0.2, -0.15) is 0 Å². The SMILES string of the molecule is CCCC[C@@]1(C)COC(C)=N1. The average molecular weight is 155 g/mol. The summed E-state index contributed by atoms with van der Waals surface area (Å²) in [5, 5.41) is 0. The van der Waals surface area contributed by atoms with Gasteiger partial charge < -0.3 is 4.74 Å². The first-order valence-electron chi connectivity index (χ1n) is 4.35. The molecule has 1 aliphatic rings. The highest BCUT2D eigenvalue weighted by Gasteiger charge is 2.28. The van der Waals surface area contributed by atoms with Crippen molar-refractivity contribution in [3.63, 3.8) is 0 Å². The van der Waals surface area contributed by atoms with Crippen LogP contribution >= 0.6 is 0 Å². The van der Waals surface area contributed by atoms with Crippen molar-refractivity contribution >= 4 is 5.90 Å². The Bertz CT molecular complexity index is 165. The van der Waals surface area contributed by atoms with Crippen molar-refractivity contribution in [1.29, 1.82) is 0 Å². The van der Waals surface area contributed by atoms with Gasteiger partial charge in [-0.25, -0.2) is 4.99 Å². The van der Waals surface area contributed by atoms with Gasteiger partial charge in [0.1, 0.15) is 6.61 Å². The lowest BCUT2D eigenvalue weighted by Crippen LogP contribution is -2.23. The highest BCUT2D eigenvalue weighted by Crippen LogP contribution is 2.24. The Morgan fingerprint density at radius 3 is 2.82 bits per heavy atom. The van der Waals surface area contributed by atoms with E-state index < -0.39 is 0 Å². The summed E-state index contributed by atoms with van der Waals surface area (Å²) in [6, 6.07) is 0. The van der Waals surface area contributed by atoms with Gasteiger partial charge in [0.05, 0.1) is 5.54 Å². The number of unbranched alkanes of at least 4 members (excludes halogenated alkanes) is 1. The van der Waals surface area contributed by atoms with Crippen LogP contribution in [0.2, 0.25) is 0 Å². The Morgan fingerprint density at radius 1 is 1.64 bits per heavy atom. The van der Waals surface area contributed by atoms with E-state index in [2.05, 4.69) is 18.8 Å². The largest absolute Gasteiger partial charge is 0.479 e. The van der Waals surface area contributed by atoms with Gasteiger partial charge in [-0.15, -0.1) is 0 Å². The zero-order valence-electron chi connectivity index (χ0n) is 7.68. The van der Waals surface area contributed by atoms with Crippen molar-refractivity contribution in [3.8, 4) is 0 Å². The summed E-state index contributed by atoms with van der Waals surface area (Å²) in [6.07, 6.45) is 3.64. The molecule has 11 heavy (non-hydrogen) atoms. The van der Waals surface area contributed by atoms with Gasteiger partial charge in [0.25, 0.3) is 0 Å². The number of ether oxygens (including phenoxy) is 1. The molecule has 0 saturated carbocycles. The third kappa shape index (κ3) is 2.21. The average Bonchev–Trinajstić information content (AvgIpc) is 2.28. The van der Waals surface area contributed by atoms with Gasteiger partial charge in [-0.3, -0.25) is 0 Å². The topological polar surface area (TPSA) is 21.6 Å². The van der Waals surface area contributed by atoms with E-state index in [9.17, 15) is 0 Å². The van der Waals surface area contributed by atoms with Crippen molar-refractivity contribution in [2.45, 2.75) is 45.6 Å². The number of nitrogens with zero attached hydrogens (tertiary/aromatic N) is 1. The first kappa shape index (κ1) is 8.57. The summed E-state index contributed by atoms with van der Waals surface area (Å²) >= 11 is 0. The Labute approximate surface area is 68.7 Å². The van der Waals surface area contributed by atoms with Crippen molar-refractivity contribution in [2.24, 2.45) is 4.99 Å². The molecule has 0 bridgehead atoms. The molecule has 1 aliphatic heterocycles. The second kappa shape index (κ2) is 3.24. The molecule has 0 N–H and O–H groups in total. The fraction of sp³-hybridized carbons (Fsp3) is 0.889. The van der Waals surface area contributed by atoms with E-state index in [0.29, 0.717) is 0 Å². The number of hydrogen-bond acceptors (Lipinski definition) is 2. The van der Waals surface area contributed by atoms with Gasteiger partial charge in [0.2, 0.25) is 0 Å². The first-order valence-corrected chi connectivity index (χ1v) is 4.35. The highest BCUT2D eigenvalue weighted by molar-refractivity contribution is 5.75. The van der Waals surface area contributed by atoms with E-state index in [1.54, 1.807) is 0 Å². The van der Waals surface area contributed by atoms with Crippen molar-refractivity contribution in [1.82, 2.24) is 0 Å². The van der Waals surface area contributed by atoms with Crippen LogP contribution in [-0.4, -0.2) is 18.0 Å². The predicted octanol–water partition coefficient (Wildman–Crippen LogP) is 2.38. The third-order valence-corrected chi connectivity index (χ3v) is 2.09. The van der Waals surface area contributed by atoms with Crippen molar-refractivity contribution in [3.05, 3.63) is 0 Å². The van der Waals surface area contributed by atoms with Gasteiger partial charge in [0.15, 0.2) is 5.90 Å². The van der Waals surface area contributed by atoms with E-state index in [4.69, 9.17) is 4.74 Å². The van der Waals surface area contributed by atoms with Crippen molar-refractivity contribution < 1.29 is 4.74 Å². The lowest BCUT2D eigenvalue weighted by atomic mass is 9.97. The minimum Gasteiger partial charge on any atom is -0.479 e. The maximum absolute atomic E-state index is 5.32. The lowest BCUT2D eigenvalue weighted by molar-refractivity contribution is 0.253. The first-order chi connectivity index (χ1) is 5.16. The lowest BCUT2D eigenvalue weighted by Gasteiger charge is -2.16. The molecule has 0 aromatic rings. The van der Waals surface area contributed by atoms with Gasteiger partial charge in [-0.05, 0) is 13.3 Å². The fourth-order valence-electron chi connectivity index (χ4n) is 1.39. The smallest absolute Gasteiger partial charge is 0.180 e. The van der Waals surface area contributed by atoms with Crippen LogP contribution in [0.1, 0.15) is 40.0 Å². The summed E-state index contributed by atoms with van der Waals surface area (Å²) in [6.45, 7) is 7.07. The zero-order valence-corrected chi connectivity index (χ0v) is 7.68. The molecular weight excluding hydrogens is 138 g/mol. The molecular formula is C9H17NO. The minimum atomic E-state index is 0.0834. The van der Waals surface area contributed by atoms with Crippen LogP contribution < -0.4 is 0 Å². The molecule has 0 aromatic carbocycles. The summed E-state index contributed by atoms with van der Waals surface area (Å²) in [5.41, 5.74) is 0.0834. The molecule has 1 heterocycles. The molecule has 0 saturated heterocycles. The molecule has 0 radical (unpaired) electrons. The monoisotopic (exact) mass is 155 g/mol. The van der Waals surface area contributed by atoms with E-state index in [1.807, 2.05) is 6.92 Å². The van der Waals surface area contributed by atoms with Crippen LogP contribution in [0.5, 0.6) is 0 Å². The molecule has 64 valence electrons. The van der Waals surface area contributed by atoms with Gasteiger partial charge in [0, 0.05) is 6.92 Å². The van der Waals surface area contributed by atoms with Crippen LogP contribution in [0.3, 0.4) is 0 Å². The Balaban J connectivity index is 2.42. The summed E-state index contributed by atoms with van der Waals surface area (Å²) in [4.78, 5) is 4.45. The number of rotatable bonds is 3. The Morgan fingerprint density at radius 2 is 2.36 bits per heavy atom. The minimum absolute atomic E-state index is 0.0834. The summed E-state index contributed by atoms with van der Waals surface area (Å²) in [5.74, 6) is 0.851. The number of hydrogen-bond donors (Lipinski definition) is 0. The Kier molecular flexibility index (Phi) is 2.53. The van der Waals surface area contributed by atoms with Crippen LogP contribution in [0, 0.1) is 0 Å². The number of aliphatic imine (C=N–C) groups is 1. The summed E-state index contributed by atoms with van der Waals surface area (Å²) in [7, 11) is 0. The predicted molar refractivity (Wildman–Crippen MR) is 47.0 cm³/mol. The highest BCUT2D eigenvalue weighted by atomic mass is 16.5. The molecule has 0 spiro atoms. The van der Waals surface area contributed by atoms with Crippen LogP contribution in [0.4, 0.5) is 0 Å². The van der Waals surface area contributed by atoms with E-state index in [0.717, 1.165) is 18.9 Å². The van der Waals surface area contributed by atoms with E-state index in [-0.39, 0.29) is 5.54 Å². The zero-order chi connectivity index (χ0) is 8.32. The second-order valence-corrected chi connectivity index (χ2v) is 3.52. The molecule has 0 aliphatic carbocycles. The second-order valence-electron chi connectivity index (χ2n) is 3.52. The van der Waals surface area contributed by atoms with Crippen LogP contribution in [-0.2, 0) is 4.74 Å². The van der Waals surface area contributed by atoms with E-state index >= 15 is 0 Å². The van der Waals surface area contributed by atoms with E-state index in [1.165, 1.54) is 12.8 Å². The molecule has 1 atom stereocenters. The van der Waals surface area contributed by atoms with Crippen LogP contribution in [0.25, 0.3) is 0 Å². The maximum atomic E-state index is 5.32. The molecule has 1 rings (SSSR count). The van der Waals surface area contributed by atoms with Gasteiger partial charge in [-0.1, -0.05) is 19.8 Å². The molecule has 2 heteroatoms. The standard InChI is InChI=1S/C9H17NO/c1-4-5-6-9(3)7-11-8(2)10-9/h4-7H2,1-3H3/t9-/m0/s1. The molecule has 0 fully saturated rings. The molecule has 2 nitrogen and oxygen atoms in total. The maximum Gasteiger partial charge on any atom is 0.180 e. The molecule has 0 unspecified atom stereocenters. The third-order valence-electron chi connectivity index (χ3n) is 2.09. The van der Waals surface area contributed by atoms with Crippen LogP contribution in [0.15, 0.2) is 4.99 Å².